The Morgan fingerprint density at radius 2 is 1.75 bits per heavy atom. The summed E-state index contributed by atoms with van der Waals surface area (Å²) in [6.07, 6.45) is -0.903. The molecule has 0 radical (unpaired) electrons. The molecule has 1 heterocycles. The molecule has 1 aliphatic rings. The van der Waals surface area contributed by atoms with Crippen LogP contribution in [0.5, 0.6) is 17.2 Å². The highest BCUT2D eigenvalue weighted by molar-refractivity contribution is 5.81. The van der Waals surface area contributed by atoms with Gasteiger partial charge in [0.2, 0.25) is 5.75 Å². The van der Waals surface area contributed by atoms with E-state index < -0.39 is 6.10 Å². The van der Waals surface area contributed by atoms with Gasteiger partial charge in [0.05, 0.1) is 34.0 Å². The van der Waals surface area contributed by atoms with E-state index in [1.807, 2.05) is 36.4 Å². The number of amides is 1. The summed E-state index contributed by atoms with van der Waals surface area (Å²) < 4.78 is 27.8. The van der Waals surface area contributed by atoms with E-state index in [2.05, 4.69) is 5.32 Å². The van der Waals surface area contributed by atoms with Crippen LogP contribution in [0, 0.1) is 0 Å². The molecule has 28 heavy (non-hydrogen) atoms. The third kappa shape index (κ3) is 4.94. The fourth-order valence-electron chi connectivity index (χ4n) is 2.94. The molecule has 0 spiro atoms. The van der Waals surface area contributed by atoms with Crippen LogP contribution in [0.1, 0.15) is 11.7 Å². The average molecular weight is 387 g/mol. The number of ether oxygens (including phenoxy) is 5. The largest absolute Gasteiger partial charge is 0.493 e. The second kappa shape index (κ2) is 9.96. The van der Waals surface area contributed by atoms with Crippen molar-refractivity contribution in [1.82, 2.24) is 5.32 Å². The van der Waals surface area contributed by atoms with Gasteiger partial charge in [0, 0.05) is 0 Å². The molecule has 0 saturated carbocycles. The van der Waals surface area contributed by atoms with Gasteiger partial charge in [-0.15, -0.1) is 0 Å². The van der Waals surface area contributed by atoms with Crippen LogP contribution in [0.3, 0.4) is 0 Å². The van der Waals surface area contributed by atoms with Crippen LogP contribution in [-0.2, 0) is 14.3 Å². The molecule has 7 heteroatoms. The predicted octanol–water partition coefficient (Wildman–Crippen LogP) is 2.36. The zero-order chi connectivity index (χ0) is 19.8. The lowest BCUT2D eigenvalue weighted by molar-refractivity contribution is -0.165. The van der Waals surface area contributed by atoms with Crippen LogP contribution in [-0.4, -0.2) is 52.6 Å². The van der Waals surface area contributed by atoms with Crippen LogP contribution in [0.25, 0.3) is 0 Å². The van der Waals surface area contributed by atoms with Crippen LogP contribution in [0.15, 0.2) is 48.5 Å². The highest BCUT2D eigenvalue weighted by Crippen LogP contribution is 2.36. The number of rotatable bonds is 8. The van der Waals surface area contributed by atoms with Crippen molar-refractivity contribution in [3.8, 4) is 17.2 Å². The maximum atomic E-state index is 12.4. The van der Waals surface area contributed by atoms with Crippen LogP contribution >= 0.6 is 0 Å². The van der Waals surface area contributed by atoms with Crippen molar-refractivity contribution >= 4 is 5.91 Å². The van der Waals surface area contributed by atoms with Gasteiger partial charge < -0.3 is 29.0 Å². The van der Waals surface area contributed by atoms with Gasteiger partial charge in [-0.3, -0.25) is 4.79 Å². The summed E-state index contributed by atoms with van der Waals surface area (Å²) in [4.78, 5) is 12.4. The third-order valence-electron chi connectivity index (χ3n) is 4.36. The smallest absolute Gasteiger partial charge is 0.251 e. The Kier molecular flexibility index (Phi) is 7.11. The minimum Gasteiger partial charge on any atom is -0.493 e. The average Bonchev–Trinajstić information content (AvgIpc) is 2.77. The van der Waals surface area contributed by atoms with Crippen molar-refractivity contribution in [1.29, 1.82) is 0 Å². The van der Waals surface area contributed by atoms with Crippen LogP contribution in [0.4, 0.5) is 0 Å². The molecule has 1 aliphatic heterocycles. The third-order valence-corrected chi connectivity index (χ3v) is 4.36. The maximum Gasteiger partial charge on any atom is 0.251 e. The first kappa shape index (κ1) is 20.0. The molecule has 3 rings (SSSR count). The van der Waals surface area contributed by atoms with Crippen LogP contribution in [0.2, 0.25) is 0 Å². The molecule has 2 atom stereocenters. The first-order valence-electron chi connectivity index (χ1n) is 9.12. The number of methoxy groups -OCH3 is 2. The van der Waals surface area contributed by atoms with Crippen molar-refractivity contribution in [2.45, 2.75) is 12.2 Å². The van der Waals surface area contributed by atoms with Gasteiger partial charge in [0.15, 0.2) is 17.6 Å². The molecule has 2 aromatic rings. The quantitative estimate of drug-likeness (QED) is 0.701. The number of para-hydroxylation sites is 1. The number of carbonyl (C=O) groups excluding carboxylic acids is 1. The topological polar surface area (TPSA) is 75.2 Å². The van der Waals surface area contributed by atoms with Crippen molar-refractivity contribution in [2.24, 2.45) is 0 Å². The first-order chi connectivity index (χ1) is 13.7. The summed E-state index contributed by atoms with van der Waals surface area (Å²) in [5.41, 5.74) is 0.992. The monoisotopic (exact) mass is 387 g/mol. The minimum absolute atomic E-state index is 0.226. The lowest BCUT2D eigenvalue weighted by Crippen LogP contribution is -2.44. The van der Waals surface area contributed by atoms with E-state index in [9.17, 15) is 4.79 Å². The summed E-state index contributed by atoms with van der Waals surface area (Å²) in [6.45, 7) is 1.24. The summed E-state index contributed by atoms with van der Waals surface area (Å²) in [5, 5.41) is 2.82. The molecule has 1 saturated heterocycles. The van der Waals surface area contributed by atoms with E-state index in [1.165, 1.54) is 0 Å². The van der Waals surface area contributed by atoms with Crippen molar-refractivity contribution in [2.75, 3.05) is 40.6 Å². The van der Waals surface area contributed by atoms with Gasteiger partial charge in [-0.25, -0.2) is 0 Å². The van der Waals surface area contributed by atoms with Gasteiger partial charge in [-0.1, -0.05) is 36.4 Å². The summed E-state index contributed by atoms with van der Waals surface area (Å²) in [5.74, 6) is 1.42. The fraction of sp³-hybridized carbons (Fsp3) is 0.381. The Hall–Kier alpha value is -2.77. The predicted molar refractivity (Wildman–Crippen MR) is 103 cm³/mol. The van der Waals surface area contributed by atoms with E-state index in [0.29, 0.717) is 30.4 Å². The Morgan fingerprint density at radius 3 is 2.43 bits per heavy atom. The molecule has 150 valence electrons. The molecule has 0 aliphatic carbocycles. The highest BCUT2D eigenvalue weighted by Gasteiger charge is 2.29. The lowest BCUT2D eigenvalue weighted by atomic mass is 10.1. The number of hydrogen-bond donors (Lipinski definition) is 1. The molecule has 2 aromatic carbocycles. The number of nitrogens with one attached hydrogen (secondary N) is 1. The van der Waals surface area contributed by atoms with Crippen LogP contribution < -0.4 is 19.5 Å². The minimum atomic E-state index is -0.653. The van der Waals surface area contributed by atoms with E-state index in [1.54, 1.807) is 26.4 Å². The second-order valence-electron chi connectivity index (χ2n) is 6.19. The zero-order valence-corrected chi connectivity index (χ0v) is 16.1. The molecular weight excluding hydrogens is 362 g/mol. The Balaban J connectivity index is 1.48. The number of carbonyl (C=O) groups is 1. The molecule has 1 fully saturated rings. The van der Waals surface area contributed by atoms with E-state index >= 15 is 0 Å². The molecule has 7 nitrogen and oxygen atoms in total. The SMILES string of the molecule is COc1cccc(OC)c1OCCNC(=O)[C@@H]1COC[C@H](c2ccccc2)O1. The van der Waals surface area contributed by atoms with Crippen molar-refractivity contribution in [3.05, 3.63) is 54.1 Å². The molecular formula is C21H25NO6. The normalized spacial score (nSPS) is 18.9. The van der Waals surface area contributed by atoms with Gasteiger partial charge in [-0.2, -0.15) is 0 Å². The van der Waals surface area contributed by atoms with Gasteiger partial charge in [0.25, 0.3) is 5.91 Å². The molecule has 1 N–H and O–H groups in total. The van der Waals surface area contributed by atoms with Gasteiger partial charge in [0.1, 0.15) is 12.7 Å². The Bertz CT molecular complexity index is 744. The van der Waals surface area contributed by atoms with Gasteiger partial charge >= 0.3 is 0 Å². The van der Waals surface area contributed by atoms with E-state index in [4.69, 9.17) is 23.7 Å². The highest BCUT2D eigenvalue weighted by atomic mass is 16.6. The second-order valence-corrected chi connectivity index (χ2v) is 6.19. The summed E-state index contributed by atoms with van der Waals surface area (Å²) in [7, 11) is 3.12. The Labute approximate surface area is 164 Å². The standard InChI is InChI=1S/C21H25NO6/c1-24-16-9-6-10-17(25-2)20(16)27-12-11-22-21(23)19-14-26-13-18(28-19)15-7-4-3-5-8-15/h3-10,18-19H,11-14H2,1-2H3,(H,22,23)/t18-,19+/m1/s1. The van der Waals surface area contributed by atoms with E-state index in [0.717, 1.165) is 5.56 Å². The number of benzene rings is 2. The fourth-order valence-corrected chi connectivity index (χ4v) is 2.94. The maximum absolute atomic E-state index is 12.4. The molecule has 1 amide bonds. The molecule has 0 unspecified atom stereocenters. The zero-order valence-electron chi connectivity index (χ0n) is 16.1. The molecule has 0 bridgehead atoms. The summed E-state index contributed by atoms with van der Waals surface area (Å²) >= 11 is 0. The lowest BCUT2D eigenvalue weighted by Gasteiger charge is -2.29. The first-order valence-corrected chi connectivity index (χ1v) is 9.12. The van der Waals surface area contributed by atoms with Crippen molar-refractivity contribution in [3.63, 3.8) is 0 Å². The number of hydrogen-bond acceptors (Lipinski definition) is 6. The molecule has 0 aromatic heterocycles. The van der Waals surface area contributed by atoms with Gasteiger partial charge in [-0.05, 0) is 17.7 Å². The van der Waals surface area contributed by atoms with E-state index in [-0.39, 0.29) is 25.2 Å². The Morgan fingerprint density at radius 1 is 1.04 bits per heavy atom. The summed E-state index contributed by atoms with van der Waals surface area (Å²) in [6, 6.07) is 15.1. The van der Waals surface area contributed by atoms with Crippen molar-refractivity contribution < 1.29 is 28.5 Å².